The Hall–Kier alpha value is -1.35. The highest BCUT2D eigenvalue weighted by Gasteiger charge is 2.27. The molecule has 0 saturated carbocycles. The van der Waals surface area contributed by atoms with Gasteiger partial charge in [-0.25, -0.2) is 4.98 Å². The highest BCUT2D eigenvalue weighted by molar-refractivity contribution is 9.10. The highest BCUT2D eigenvalue weighted by atomic mass is 79.9. The van der Waals surface area contributed by atoms with Gasteiger partial charge in [-0.15, -0.1) is 12.4 Å². The monoisotopic (exact) mass is 443 g/mol. The Bertz CT molecular complexity index is 793. The number of piperidine rings is 1. The van der Waals surface area contributed by atoms with Crippen LogP contribution >= 0.6 is 28.3 Å². The van der Waals surface area contributed by atoms with Crippen molar-refractivity contribution < 1.29 is 9.53 Å². The zero-order valence-electron chi connectivity index (χ0n) is 14.3. The first kappa shape index (κ1) is 19.4. The topological polar surface area (TPSA) is 96.3 Å². The molecule has 2 saturated heterocycles. The molecule has 0 bridgehead atoms. The zero-order chi connectivity index (χ0) is 17.4. The number of amides is 1. The van der Waals surface area contributed by atoms with Crippen LogP contribution in [0.3, 0.4) is 0 Å². The van der Waals surface area contributed by atoms with E-state index < -0.39 is 0 Å². The van der Waals surface area contributed by atoms with Crippen molar-refractivity contribution >= 4 is 56.7 Å². The number of rotatable bonds is 3. The van der Waals surface area contributed by atoms with Crippen LogP contribution in [-0.4, -0.2) is 48.2 Å². The quantitative estimate of drug-likeness (QED) is 0.676. The Morgan fingerprint density at radius 2 is 2.31 bits per heavy atom. The minimum Gasteiger partial charge on any atom is -0.381 e. The number of nitrogens with one attached hydrogen (secondary N) is 2. The molecule has 7 nitrogen and oxygen atoms in total. The number of nitrogens with two attached hydrogens (primary N) is 1. The van der Waals surface area contributed by atoms with Crippen LogP contribution in [0.2, 0.25) is 0 Å². The lowest BCUT2D eigenvalue weighted by atomic mass is 10.0. The fourth-order valence-corrected chi connectivity index (χ4v) is 4.20. The Morgan fingerprint density at radius 1 is 1.46 bits per heavy atom. The molecule has 2 unspecified atom stereocenters. The smallest absolute Gasteiger partial charge is 0.229 e. The summed E-state index contributed by atoms with van der Waals surface area (Å²) in [6, 6.07) is 0.163. The van der Waals surface area contributed by atoms with Gasteiger partial charge in [0, 0.05) is 38.1 Å². The van der Waals surface area contributed by atoms with Crippen molar-refractivity contribution in [1.29, 1.82) is 0 Å². The number of carbonyl (C=O) groups excluding carboxylic acids is 1. The fraction of sp³-hybridized carbons (Fsp3) is 0.529. The van der Waals surface area contributed by atoms with Crippen molar-refractivity contribution in [1.82, 2.24) is 9.97 Å². The normalized spacial score (nSPS) is 23.1. The van der Waals surface area contributed by atoms with E-state index in [4.69, 9.17) is 10.5 Å². The lowest BCUT2D eigenvalue weighted by Gasteiger charge is -2.33. The van der Waals surface area contributed by atoms with Gasteiger partial charge in [0.05, 0.1) is 33.8 Å². The molecular formula is C17H23BrClN5O2. The van der Waals surface area contributed by atoms with E-state index in [9.17, 15) is 4.79 Å². The first-order chi connectivity index (χ1) is 12.1. The van der Waals surface area contributed by atoms with Crippen LogP contribution in [0.4, 0.5) is 11.4 Å². The number of carbonyl (C=O) groups is 1. The number of hydrogen-bond acceptors (Lipinski definition) is 5. The Morgan fingerprint density at radius 3 is 3.04 bits per heavy atom. The van der Waals surface area contributed by atoms with Gasteiger partial charge in [0.1, 0.15) is 5.65 Å². The largest absolute Gasteiger partial charge is 0.381 e. The summed E-state index contributed by atoms with van der Waals surface area (Å²) in [5, 5.41) is 3.98. The van der Waals surface area contributed by atoms with Gasteiger partial charge in [0.2, 0.25) is 5.91 Å². The van der Waals surface area contributed by atoms with E-state index >= 15 is 0 Å². The Labute approximate surface area is 166 Å². The number of hydrogen-bond donors (Lipinski definition) is 3. The summed E-state index contributed by atoms with van der Waals surface area (Å²) in [6.45, 7) is 2.88. The molecule has 0 spiro atoms. The molecule has 0 radical (unpaired) electrons. The van der Waals surface area contributed by atoms with Crippen LogP contribution in [-0.2, 0) is 9.53 Å². The summed E-state index contributed by atoms with van der Waals surface area (Å²) in [5.41, 5.74) is 8.73. The van der Waals surface area contributed by atoms with Crippen molar-refractivity contribution in [3.8, 4) is 0 Å². The van der Waals surface area contributed by atoms with Gasteiger partial charge in [-0.3, -0.25) is 4.79 Å². The van der Waals surface area contributed by atoms with Crippen molar-refractivity contribution in [2.75, 3.05) is 36.5 Å². The number of anilines is 2. The van der Waals surface area contributed by atoms with E-state index in [-0.39, 0.29) is 30.3 Å². The molecule has 142 valence electrons. The molecule has 1 amide bonds. The predicted molar refractivity (Wildman–Crippen MR) is 108 cm³/mol. The van der Waals surface area contributed by atoms with E-state index in [1.54, 1.807) is 6.20 Å². The summed E-state index contributed by atoms with van der Waals surface area (Å²) in [5.74, 6) is -0.0865. The maximum absolute atomic E-state index is 12.5. The van der Waals surface area contributed by atoms with E-state index in [1.165, 1.54) is 0 Å². The summed E-state index contributed by atoms with van der Waals surface area (Å²) in [6.07, 6.45) is 6.48. The molecule has 2 aliphatic heterocycles. The number of aromatic amines is 1. The van der Waals surface area contributed by atoms with Crippen LogP contribution in [0.5, 0.6) is 0 Å². The van der Waals surface area contributed by atoms with E-state index in [0.29, 0.717) is 13.2 Å². The first-order valence-electron chi connectivity index (χ1n) is 8.68. The highest BCUT2D eigenvalue weighted by Crippen LogP contribution is 2.39. The van der Waals surface area contributed by atoms with Crippen LogP contribution in [0, 0.1) is 5.92 Å². The van der Waals surface area contributed by atoms with Gasteiger partial charge in [-0.2, -0.15) is 0 Å². The summed E-state index contributed by atoms with van der Waals surface area (Å²) < 4.78 is 6.23. The molecule has 2 fully saturated rings. The fourth-order valence-electron chi connectivity index (χ4n) is 3.65. The van der Waals surface area contributed by atoms with Crippen molar-refractivity contribution in [3.63, 3.8) is 0 Å². The molecule has 2 aromatic rings. The molecule has 2 aliphatic rings. The van der Waals surface area contributed by atoms with Gasteiger partial charge < -0.3 is 25.7 Å². The molecule has 26 heavy (non-hydrogen) atoms. The second-order valence-corrected chi connectivity index (χ2v) is 7.63. The third-order valence-electron chi connectivity index (χ3n) is 4.96. The van der Waals surface area contributed by atoms with Gasteiger partial charge in [0.25, 0.3) is 0 Å². The second kappa shape index (κ2) is 8.12. The Balaban J connectivity index is 0.00000196. The number of nitrogens with zero attached hydrogens (tertiary/aromatic N) is 2. The second-order valence-electron chi connectivity index (χ2n) is 6.78. The molecule has 0 aliphatic carbocycles. The van der Waals surface area contributed by atoms with E-state index in [1.807, 2.05) is 6.20 Å². The molecular weight excluding hydrogens is 422 g/mol. The van der Waals surface area contributed by atoms with Crippen molar-refractivity contribution in [2.24, 2.45) is 11.7 Å². The van der Waals surface area contributed by atoms with E-state index in [0.717, 1.165) is 59.2 Å². The Kier molecular flexibility index (Phi) is 6.06. The lowest BCUT2D eigenvalue weighted by molar-refractivity contribution is -0.119. The van der Waals surface area contributed by atoms with Crippen molar-refractivity contribution in [2.45, 2.75) is 25.3 Å². The SMILES string of the molecule is Cl.NC1CCCN(c2c(Br)cnc3[nH]cc(NC(=O)C4CCOC4)c23)C1. The number of H-pyrrole nitrogens is 1. The standard InChI is InChI=1S/C17H22BrN5O2.ClH/c18-12-6-20-16-14(15(12)23-4-1-2-11(19)8-23)13(7-21-16)22-17(24)10-3-5-25-9-10;/h6-7,10-11H,1-5,8-9,19H2,(H,20,21)(H,22,24);1H. The number of halogens is 2. The number of ether oxygens (including phenoxy) is 1. The summed E-state index contributed by atoms with van der Waals surface area (Å²) in [4.78, 5) is 22.4. The molecule has 9 heteroatoms. The molecule has 4 N–H and O–H groups in total. The van der Waals surface area contributed by atoms with Crippen molar-refractivity contribution in [3.05, 3.63) is 16.9 Å². The number of pyridine rings is 1. The average molecular weight is 445 g/mol. The molecule has 4 rings (SSSR count). The number of fused-ring (bicyclic) bond motifs is 1. The molecule has 4 heterocycles. The zero-order valence-corrected chi connectivity index (χ0v) is 16.7. The van der Waals surface area contributed by atoms with Gasteiger partial charge in [0.15, 0.2) is 0 Å². The number of aromatic nitrogens is 2. The summed E-state index contributed by atoms with van der Waals surface area (Å²) in [7, 11) is 0. The van der Waals surface area contributed by atoms with Crippen LogP contribution in [0.15, 0.2) is 16.9 Å². The maximum Gasteiger partial charge on any atom is 0.229 e. The van der Waals surface area contributed by atoms with Crippen LogP contribution < -0.4 is 16.0 Å². The maximum atomic E-state index is 12.5. The molecule has 0 aromatic carbocycles. The molecule has 2 aromatic heterocycles. The third-order valence-corrected chi connectivity index (χ3v) is 5.54. The van der Waals surface area contributed by atoms with Gasteiger partial charge in [-0.1, -0.05) is 0 Å². The predicted octanol–water partition coefficient (Wildman–Crippen LogP) is 2.65. The van der Waals surface area contributed by atoms with E-state index in [2.05, 4.69) is 36.1 Å². The molecule has 2 atom stereocenters. The minimum absolute atomic E-state index is 0. The first-order valence-corrected chi connectivity index (χ1v) is 9.47. The van der Waals surface area contributed by atoms with Gasteiger partial charge in [-0.05, 0) is 35.2 Å². The minimum atomic E-state index is -0.0862. The summed E-state index contributed by atoms with van der Waals surface area (Å²) >= 11 is 3.63. The lowest BCUT2D eigenvalue weighted by Crippen LogP contribution is -2.43. The van der Waals surface area contributed by atoms with Crippen LogP contribution in [0.25, 0.3) is 11.0 Å². The van der Waals surface area contributed by atoms with Crippen LogP contribution in [0.1, 0.15) is 19.3 Å². The average Bonchev–Trinajstić information content (AvgIpc) is 3.25. The third kappa shape index (κ3) is 3.69. The van der Waals surface area contributed by atoms with Gasteiger partial charge >= 0.3 is 0 Å².